The van der Waals surface area contributed by atoms with Crippen LogP contribution in [0.25, 0.3) is 0 Å². The molecular formula is C13H21NO4S2. The van der Waals surface area contributed by atoms with E-state index in [9.17, 15) is 8.42 Å². The largest absolute Gasteiger partial charge is 0.391 e. The van der Waals surface area contributed by atoms with Gasteiger partial charge in [0.1, 0.15) is 4.21 Å². The highest BCUT2D eigenvalue weighted by molar-refractivity contribution is 7.91. The van der Waals surface area contributed by atoms with Crippen LogP contribution in [0, 0.1) is 6.92 Å². The first kappa shape index (κ1) is 15.9. The van der Waals surface area contributed by atoms with E-state index < -0.39 is 10.0 Å². The molecule has 0 radical (unpaired) electrons. The quantitative estimate of drug-likeness (QED) is 0.887. The Morgan fingerprint density at radius 3 is 2.80 bits per heavy atom. The minimum Gasteiger partial charge on any atom is -0.391 e. The van der Waals surface area contributed by atoms with Gasteiger partial charge in [-0.3, -0.25) is 0 Å². The van der Waals surface area contributed by atoms with Gasteiger partial charge in [-0.1, -0.05) is 0 Å². The van der Waals surface area contributed by atoms with Crippen LogP contribution in [0.15, 0.2) is 10.3 Å². The molecule has 1 aromatic rings. The average Bonchev–Trinajstić information content (AvgIpc) is 2.69. The molecule has 1 aromatic heterocycles. The van der Waals surface area contributed by atoms with Gasteiger partial charge in [-0.05, 0) is 45.2 Å². The van der Waals surface area contributed by atoms with Crippen molar-refractivity contribution < 1.29 is 18.3 Å². The van der Waals surface area contributed by atoms with Crippen molar-refractivity contribution in [2.45, 2.75) is 56.1 Å². The van der Waals surface area contributed by atoms with Crippen LogP contribution in [0.5, 0.6) is 0 Å². The molecule has 0 saturated carbocycles. The highest BCUT2D eigenvalue weighted by Gasteiger charge is 2.32. The summed E-state index contributed by atoms with van der Waals surface area (Å²) in [6.45, 7) is 6.17. The van der Waals surface area contributed by atoms with Crippen LogP contribution in [0.3, 0.4) is 0 Å². The lowest BCUT2D eigenvalue weighted by molar-refractivity contribution is -0.0599. The number of aliphatic hydroxyl groups excluding tert-OH is 1. The number of hydrogen-bond donors (Lipinski definition) is 2. The monoisotopic (exact) mass is 319 g/mol. The minimum atomic E-state index is -3.52. The molecule has 1 aliphatic rings. The third-order valence-electron chi connectivity index (χ3n) is 3.43. The molecule has 1 saturated heterocycles. The second-order valence-electron chi connectivity index (χ2n) is 5.75. The lowest BCUT2D eigenvalue weighted by atomic mass is 9.95. The third kappa shape index (κ3) is 3.59. The van der Waals surface area contributed by atoms with Gasteiger partial charge in [-0.25, -0.2) is 13.1 Å². The molecule has 0 spiro atoms. The van der Waals surface area contributed by atoms with E-state index in [0.29, 0.717) is 24.3 Å². The van der Waals surface area contributed by atoms with Gasteiger partial charge in [-0.15, -0.1) is 11.3 Å². The molecule has 114 valence electrons. The van der Waals surface area contributed by atoms with Crippen molar-refractivity contribution in [2.24, 2.45) is 0 Å². The van der Waals surface area contributed by atoms with Crippen molar-refractivity contribution in [3.8, 4) is 0 Å². The molecule has 1 unspecified atom stereocenters. The van der Waals surface area contributed by atoms with Gasteiger partial charge >= 0.3 is 0 Å². The smallest absolute Gasteiger partial charge is 0.250 e. The zero-order valence-corrected chi connectivity index (χ0v) is 13.6. The molecule has 1 fully saturated rings. The number of hydrogen-bond acceptors (Lipinski definition) is 5. The zero-order valence-electron chi connectivity index (χ0n) is 12.0. The maximum absolute atomic E-state index is 12.4. The van der Waals surface area contributed by atoms with Gasteiger partial charge in [-0.2, -0.15) is 0 Å². The lowest BCUT2D eigenvalue weighted by Gasteiger charge is -2.35. The molecule has 1 atom stereocenters. The molecule has 0 amide bonds. The van der Waals surface area contributed by atoms with E-state index in [1.54, 1.807) is 13.0 Å². The molecule has 2 N–H and O–H groups in total. The highest BCUT2D eigenvalue weighted by Crippen LogP contribution is 2.28. The van der Waals surface area contributed by atoms with Crippen molar-refractivity contribution in [3.63, 3.8) is 0 Å². The van der Waals surface area contributed by atoms with Crippen LogP contribution in [0.4, 0.5) is 0 Å². The van der Waals surface area contributed by atoms with Crippen LogP contribution >= 0.6 is 11.3 Å². The van der Waals surface area contributed by atoms with Gasteiger partial charge in [0.15, 0.2) is 0 Å². The summed E-state index contributed by atoms with van der Waals surface area (Å²) >= 11 is 1.12. The summed E-state index contributed by atoms with van der Waals surface area (Å²) in [6, 6.07) is 1.51. The van der Waals surface area contributed by atoms with Crippen molar-refractivity contribution >= 4 is 21.4 Å². The highest BCUT2D eigenvalue weighted by atomic mass is 32.2. The van der Waals surface area contributed by atoms with Crippen molar-refractivity contribution in [2.75, 3.05) is 6.61 Å². The summed E-state index contributed by atoms with van der Waals surface area (Å²) in [5.41, 5.74) is 0.512. The predicted molar refractivity (Wildman–Crippen MR) is 78.4 cm³/mol. The Kier molecular flexibility index (Phi) is 4.56. The topological polar surface area (TPSA) is 75.6 Å². The van der Waals surface area contributed by atoms with Crippen LogP contribution in [0.2, 0.25) is 0 Å². The lowest BCUT2D eigenvalue weighted by Crippen LogP contribution is -2.45. The summed E-state index contributed by atoms with van der Waals surface area (Å²) in [6.07, 6.45) is 1.34. The van der Waals surface area contributed by atoms with E-state index in [-0.39, 0.29) is 22.5 Å². The molecule has 1 aliphatic heterocycles. The van der Waals surface area contributed by atoms with Crippen LogP contribution < -0.4 is 4.72 Å². The summed E-state index contributed by atoms with van der Waals surface area (Å²) in [5, 5.41) is 9.17. The second kappa shape index (κ2) is 5.73. The summed E-state index contributed by atoms with van der Waals surface area (Å²) in [5.74, 6) is 0. The Morgan fingerprint density at radius 1 is 1.55 bits per heavy atom. The van der Waals surface area contributed by atoms with Crippen LogP contribution in [-0.2, 0) is 21.4 Å². The summed E-state index contributed by atoms with van der Waals surface area (Å²) < 4.78 is 33.4. The van der Waals surface area contributed by atoms with Crippen molar-refractivity contribution in [1.29, 1.82) is 0 Å². The van der Waals surface area contributed by atoms with Gasteiger partial charge < -0.3 is 9.84 Å². The number of sulfonamides is 1. The SMILES string of the molecule is Cc1cc(S(=O)(=O)NC2CCOC(C)(C)C2)sc1CO. The first-order chi connectivity index (χ1) is 9.23. The first-order valence-electron chi connectivity index (χ1n) is 6.60. The van der Waals surface area contributed by atoms with Gasteiger partial charge in [0.2, 0.25) is 10.0 Å². The van der Waals surface area contributed by atoms with E-state index >= 15 is 0 Å². The normalized spacial score (nSPS) is 22.9. The molecule has 5 nitrogen and oxygen atoms in total. The van der Waals surface area contributed by atoms with E-state index in [0.717, 1.165) is 16.9 Å². The number of thiophene rings is 1. The van der Waals surface area contributed by atoms with E-state index in [2.05, 4.69) is 4.72 Å². The Labute approximate surface area is 124 Å². The van der Waals surface area contributed by atoms with Crippen LogP contribution in [-0.4, -0.2) is 31.8 Å². The van der Waals surface area contributed by atoms with E-state index in [4.69, 9.17) is 9.84 Å². The predicted octanol–water partition coefficient (Wildman–Crippen LogP) is 1.78. The maximum Gasteiger partial charge on any atom is 0.250 e. The Morgan fingerprint density at radius 2 is 2.25 bits per heavy atom. The number of ether oxygens (including phenoxy) is 1. The number of aryl methyl sites for hydroxylation is 1. The molecule has 0 aromatic carbocycles. The van der Waals surface area contributed by atoms with Gasteiger partial charge in [0.05, 0.1) is 12.2 Å². The summed E-state index contributed by atoms with van der Waals surface area (Å²) in [7, 11) is -3.52. The zero-order chi connectivity index (χ0) is 15.0. The number of nitrogens with one attached hydrogen (secondary N) is 1. The molecule has 2 heterocycles. The fourth-order valence-corrected chi connectivity index (χ4v) is 5.12. The number of rotatable bonds is 4. The van der Waals surface area contributed by atoms with Crippen molar-refractivity contribution in [3.05, 3.63) is 16.5 Å². The fraction of sp³-hybridized carbons (Fsp3) is 0.692. The van der Waals surface area contributed by atoms with Crippen molar-refractivity contribution in [1.82, 2.24) is 4.72 Å². The fourth-order valence-electron chi connectivity index (χ4n) is 2.39. The summed E-state index contributed by atoms with van der Waals surface area (Å²) in [4.78, 5) is 0.692. The molecule has 2 rings (SSSR count). The van der Waals surface area contributed by atoms with Gasteiger partial charge in [0, 0.05) is 17.5 Å². The molecule has 0 aliphatic carbocycles. The molecular weight excluding hydrogens is 298 g/mol. The van der Waals surface area contributed by atoms with E-state index in [1.165, 1.54) is 0 Å². The molecule has 7 heteroatoms. The Bertz CT molecular complexity index is 577. The standard InChI is InChI=1S/C13H21NO4S2/c1-9-6-12(19-11(9)8-15)20(16,17)14-10-4-5-18-13(2,3)7-10/h6,10,14-15H,4-5,7-8H2,1-3H3. The third-order valence-corrected chi connectivity index (χ3v) is 6.64. The Hall–Kier alpha value is -0.470. The first-order valence-corrected chi connectivity index (χ1v) is 8.90. The van der Waals surface area contributed by atoms with E-state index in [1.807, 2.05) is 13.8 Å². The molecule has 20 heavy (non-hydrogen) atoms. The molecule has 0 bridgehead atoms. The van der Waals surface area contributed by atoms with Gasteiger partial charge in [0.25, 0.3) is 0 Å². The van der Waals surface area contributed by atoms with Crippen LogP contribution in [0.1, 0.15) is 37.1 Å². The average molecular weight is 319 g/mol. The Balaban J connectivity index is 2.14. The maximum atomic E-state index is 12.4. The number of aliphatic hydroxyl groups is 1. The second-order valence-corrected chi connectivity index (χ2v) is 8.83. The minimum absolute atomic E-state index is 0.108.